The van der Waals surface area contributed by atoms with E-state index in [1.807, 2.05) is 24.3 Å². The summed E-state index contributed by atoms with van der Waals surface area (Å²) in [6, 6.07) is 14.2. The number of amides is 1. The number of aromatic nitrogens is 1. The highest BCUT2D eigenvalue weighted by Crippen LogP contribution is 2.28. The molecule has 0 saturated carbocycles. The minimum absolute atomic E-state index is 0.0579. The van der Waals surface area contributed by atoms with Crippen molar-refractivity contribution >= 4 is 33.3 Å². The lowest BCUT2D eigenvalue weighted by molar-refractivity contribution is -0.117. The van der Waals surface area contributed by atoms with Gasteiger partial charge in [0.2, 0.25) is 5.91 Å². The molecule has 0 spiro atoms. The van der Waals surface area contributed by atoms with Crippen LogP contribution in [0.2, 0.25) is 0 Å². The Morgan fingerprint density at radius 2 is 1.76 bits per heavy atom. The van der Waals surface area contributed by atoms with Crippen LogP contribution in [0.4, 0.5) is 5.69 Å². The summed E-state index contributed by atoms with van der Waals surface area (Å²) >= 11 is 0. The summed E-state index contributed by atoms with van der Waals surface area (Å²) in [5.41, 5.74) is 1.78. The molecule has 0 bridgehead atoms. The normalized spacial score (nSPS) is 16.0. The van der Waals surface area contributed by atoms with Gasteiger partial charge in [-0.15, -0.1) is 0 Å². The lowest BCUT2D eigenvalue weighted by Crippen LogP contribution is -2.33. The molecule has 4 heteroatoms. The molecule has 0 unspecified atom stereocenters. The van der Waals surface area contributed by atoms with Crippen molar-refractivity contribution < 1.29 is 4.79 Å². The zero-order valence-corrected chi connectivity index (χ0v) is 14.4. The minimum atomic E-state index is 0.0579. The first kappa shape index (κ1) is 16.0. The summed E-state index contributed by atoms with van der Waals surface area (Å²) in [5.74, 6) is 0.0579. The van der Waals surface area contributed by atoms with Crippen LogP contribution in [0, 0.1) is 0 Å². The van der Waals surface area contributed by atoms with E-state index >= 15 is 0 Å². The van der Waals surface area contributed by atoms with Crippen molar-refractivity contribution in [1.29, 1.82) is 0 Å². The summed E-state index contributed by atoms with van der Waals surface area (Å²) in [7, 11) is 0. The van der Waals surface area contributed by atoms with Crippen LogP contribution in [0.15, 0.2) is 48.7 Å². The van der Waals surface area contributed by atoms with Crippen molar-refractivity contribution in [1.82, 2.24) is 9.88 Å². The number of fused-ring (bicyclic) bond motifs is 3. The van der Waals surface area contributed by atoms with Gasteiger partial charge >= 0.3 is 0 Å². The number of carbonyl (C=O) groups excluding carboxylic acids is 1. The number of benzene rings is 2. The van der Waals surface area contributed by atoms with Gasteiger partial charge in [0, 0.05) is 17.0 Å². The van der Waals surface area contributed by atoms with E-state index in [4.69, 9.17) is 0 Å². The average Bonchev–Trinajstić information content (AvgIpc) is 2.90. The van der Waals surface area contributed by atoms with Crippen molar-refractivity contribution in [3.63, 3.8) is 0 Å². The third-order valence-electron chi connectivity index (χ3n) is 4.98. The van der Waals surface area contributed by atoms with E-state index in [1.54, 1.807) is 6.20 Å². The molecule has 2 heterocycles. The highest BCUT2D eigenvalue weighted by molar-refractivity contribution is 6.11. The van der Waals surface area contributed by atoms with Gasteiger partial charge in [0.15, 0.2) is 0 Å². The fourth-order valence-electron chi connectivity index (χ4n) is 3.68. The standard InChI is InChI=1S/C21H23N3O/c25-20(15-24-13-5-1-2-6-14-24)23-19-11-12-22-21-17-8-4-3-7-16(17)9-10-18(19)21/h3-4,7-12H,1-2,5-6,13-15H2,(H,22,23,25). The predicted molar refractivity (Wildman–Crippen MR) is 103 cm³/mol. The maximum atomic E-state index is 12.5. The Balaban J connectivity index is 1.58. The molecule has 0 radical (unpaired) electrons. The topological polar surface area (TPSA) is 45.2 Å². The molecule has 0 aliphatic carbocycles. The number of carbonyl (C=O) groups is 1. The number of nitrogens with one attached hydrogen (secondary N) is 1. The van der Waals surface area contributed by atoms with Gasteiger partial charge in [-0.25, -0.2) is 0 Å². The molecule has 4 rings (SSSR count). The molecule has 1 saturated heterocycles. The van der Waals surface area contributed by atoms with Gasteiger partial charge < -0.3 is 5.32 Å². The molecule has 2 aromatic carbocycles. The fourth-order valence-corrected chi connectivity index (χ4v) is 3.68. The number of nitrogens with zero attached hydrogens (tertiary/aromatic N) is 2. The van der Waals surface area contributed by atoms with Crippen LogP contribution in [0.25, 0.3) is 21.7 Å². The third-order valence-corrected chi connectivity index (χ3v) is 4.98. The Morgan fingerprint density at radius 1 is 0.960 bits per heavy atom. The fraction of sp³-hybridized carbons (Fsp3) is 0.333. The molecule has 1 aliphatic heterocycles. The number of rotatable bonds is 3. The van der Waals surface area contributed by atoms with Crippen LogP contribution < -0.4 is 5.32 Å². The Labute approximate surface area is 147 Å². The van der Waals surface area contributed by atoms with Crippen LogP contribution in [-0.2, 0) is 4.79 Å². The first-order valence-electron chi connectivity index (χ1n) is 9.10. The van der Waals surface area contributed by atoms with Crippen molar-refractivity contribution in [2.24, 2.45) is 0 Å². The summed E-state index contributed by atoms with van der Waals surface area (Å²) in [4.78, 5) is 19.3. The largest absolute Gasteiger partial charge is 0.324 e. The zero-order valence-electron chi connectivity index (χ0n) is 14.4. The van der Waals surface area contributed by atoms with Gasteiger partial charge in [-0.2, -0.15) is 0 Å². The average molecular weight is 333 g/mol. The lowest BCUT2D eigenvalue weighted by Gasteiger charge is -2.19. The highest BCUT2D eigenvalue weighted by atomic mass is 16.2. The van der Waals surface area contributed by atoms with Crippen molar-refractivity contribution in [3.05, 3.63) is 48.7 Å². The summed E-state index contributed by atoms with van der Waals surface area (Å²) in [6.45, 7) is 2.52. The van der Waals surface area contributed by atoms with E-state index in [-0.39, 0.29) is 5.91 Å². The van der Waals surface area contributed by atoms with E-state index in [0.29, 0.717) is 6.54 Å². The summed E-state index contributed by atoms with van der Waals surface area (Å²) < 4.78 is 0. The number of hydrogen-bond acceptors (Lipinski definition) is 3. The van der Waals surface area contributed by atoms with Crippen molar-refractivity contribution in [2.75, 3.05) is 25.0 Å². The number of pyridine rings is 1. The quantitative estimate of drug-likeness (QED) is 0.731. The van der Waals surface area contributed by atoms with Gasteiger partial charge in [-0.1, -0.05) is 49.2 Å². The van der Waals surface area contributed by atoms with E-state index in [0.717, 1.165) is 40.5 Å². The second-order valence-corrected chi connectivity index (χ2v) is 6.78. The second kappa shape index (κ2) is 7.19. The van der Waals surface area contributed by atoms with Crippen LogP contribution in [0.5, 0.6) is 0 Å². The van der Waals surface area contributed by atoms with Gasteiger partial charge in [0.1, 0.15) is 0 Å². The lowest BCUT2D eigenvalue weighted by atomic mass is 10.1. The number of anilines is 1. The van der Waals surface area contributed by atoms with Gasteiger partial charge in [0.25, 0.3) is 0 Å². The molecule has 1 fully saturated rings. The molecular formula is C21H23N3O. The van der Waals surface area contributed by atoms with E-state index < -0.39 is 0 Å². The molecular weight excluding hydrogens is 310 g/mol. The van der Waals surface area contributed by atoms with Crippen LogP contribution >= 0.6 is 0 Å². The minimum Gasteiger partial charge on any atom is -0.324 e. The number of likely N-dealkylation sites (tertiary alicyclic amines) is 1. The third kappa shape index (κ3) is 3.49. The Morgan fingerprint density at radius 3 is 2.60 bits per heavy atom. The Hall–Kier alpha value is -2.46. The van der Waals surface area contributed by atoms with Crippen LogP contribution in [-0.4, -0.2) is 35.4 Å². The first-order valence-corrected chi connectivity index (χ1v) is 9.10. The van der Waals surface area contributed by atoms with Gasteiger partial charge in [0.05, 0.1) is 17.7 Å². The number of hydrogen-bond donors (Lipinski definition) is 1. The monoisotopic (exact) mass is 333 g/mol. The SMILES string of the molecule is O=C(CN1CCCCCC1)Nc1ccnc2c1ccc1ccccc12. The van der Waals surface area contributed by atoms with E-state index in [1.165, 1.54) is 25.7 Å². The van der Waals surface area contributed by atoms with Crippen molar-refractivity contribution in [2.45, 2.75) is 25.7 Å². The van der Waals surface area contributed by atoms with Gasteiger partial charge in [-0.3, -0.25) is 14.7 Å². The van der Waals surface area contributed by atoms with Crippen molar-refractivity contribution in [3.8, 4) is 0 Å². The second-order valence-electron chi connectivity index (χ2n) is 6.78. The molecule has 1 aliphatic rings. The maximum absolute atomic E-state index is 12.5. The highest BCUT2D eigenvalue weighted by Gasteiger charge is 2.14. The molecule has 128 valence electrons. The molecule has 1 N–H and O–H groups in total. The molecule has 4 nitrogen and oxygen atoms in total. The Bertz CT molecular complexity index is 898. The van der Waals surface area contributed by atoms with Gasteiger partial charge in [-0.05, 0) is 37.4 Å². The summed E-state index contributed by atoms with van der Waals surface area (Å²) in [5, 5.41) is 6.36. The van der Waals surface area contributed by atoms with E-state index in [2.05, 4.69) is 33.4 Å². The molecule has 0 atom stereocenters. The molecule has 1 aromatic heterocycles. The first-order chi connectivity index (χ1) is 12.3. The zero-order chi connectivity index (χ0) is 17.1. The maximum Gasteiger partial charge on any atom is 0.238 e. The smallest absolute Gasteiger partial charge is 0.238 e. The predicted octanol–water partition coefficient (Wildman–Crippen LogP) is 4.20. The summed E-state index contributed by atoms with van der Waals surface area (Å²) in [6.07, 6.45) is 6.71. The molecule has 3 aromatic rings. The Kier molecular flexibility index (Phi) is 4.61. The van der Waals surface area contributed by atoms with Crippen LogP contribution in [0.1, 0.15) is 25.7 Å². The molecule has 1 amide bonds. The van der Waals surface area contributed by atoms with E-state index in [9.17, 15) is 4.79 Å². The van der Waals surface area contributed by atoms with Crippen LogP contribution in [0.3, 0.4) is 0 Å². The molecule has 25 heavy (non-hydrogen) atoms.